The third kappa shape index (κ3) is 1.89. The summed E-state index contributed by atoms with van der Waals surface area (Å²) in [6.45, 7) is 3.56. The Hall–Kier alpha value is -3.15. The lowest BCUT2D eigenvalue weighted by molar-refractivity contribution is -0.130. The Morgan fingerprint density at radius 2 is 1.62 bits per heavy atom. The van der Waals surface area contributed by atoms with Gasteiger partial charge in [0.1, 0.15) is 0 Å². The predicted octanol–water partition coefficient (Wildman–Crippen LogP) is 2.25. The summed E-state index contributed by atoms with van der Waals surface area (Å²) in [5.74, 6) is -1.29. The normalized spacial score (nSPS) is 21.1. The summed E-state index contributed by atoms with van der Waals surface area (Å²) in [5.41, 5.74) is 0.557. The molecule has 4 rings (SSSR count). The van der Waals surface area contributed by atoms with Crippen molar-refractivity contribution in [1.29, 1.82) is 0 Å². The predicted molar refractivity (Wildman–Crippen MR) is 97.8 cm³/mol. The highest BCUT2D eigenvalue weighted by atomic mass is 16.2. The van der Waals surface area contributed by atoms with E-state index in [9.17, 15) is 14.4 Å². The summed E-state index contributed by atoms with van der Waals surface area (Å²) in [5, 5.41) is 2.85. The molecule has 2 aliphatic rings. The minimum absolute atomic E-state index is 0.226. The molecule has 0 radical (unpaired) electrons. The second kappa shape index (κ2) is 5.42. The number of hydrogen-bond donors (Lipinski definition) is 1. The van der Waals surface area contributed by atoms with Crippen LogP contribution >= 0.6 is 0 Å². The van der Waals surface area contributed by atoms with Crippen molar-refractivity contribution in [3.63, 3.8) is 0 Å². The van der Waals surface area contributed by atoms with Crippen LogP contribution in [0.2, 0.25) is 0 Å². The van der Waals surface area contributed by atoms with Crippen LogP contribution in [0.4, 0.5) is 11.4 Å². The maximum absolute atomic E-state index is 13.3. The molecule has 6 heteroatoms. The molecule has 3 amide bonds. The number of likely N-dealkylation sites (N-methyl/N-ethyl adjacent to an activating group) is 1. The van der Waals surface area contributed by atoms with Crippen molar-refractivity contribution in [2.45, 2.75) is 19.5 Å². The van der Waals surface area contributed by atoms with Crippen LogP contribution in [0.15, 0.2) is 48.5 Å². The highest BCUT2D eigenvalue weighted by molar-refractivity contribution is 6.20. The second-order valence-corrected chi connectivity index (χ2v) is 6.89. The minimum atomic E-state index is -1.56. The van der Waals surface area contributed by atoms with Crippen molar-refractivity contribution >= 4 is 29.1 Å². The van der Waals surface area contributed by atoms with Crippen LogP contribution in [-0.4, -0.2) is 24.8 Å². The van der Waals surface area contributed by atoms with Crippen LogP contribution in [0.3, 0.4) is 0 Å². The van der Waals surface area contributed by atoms with Gasteiger partial charge < -0.3 is 10.2 Å². The summed E-state index contributed by atoms with van der Waals surface area (Å²) in [7, 11) is 1.65. The molecule has 6 nitrogen and oxygen atoms in total. The number of carbonyl (C=O) groups excluding carboxylic acids is 3. The average molecular weight is 349 g/mol. The molecule has 0 saturated carbocycles. The van der Waals surface area contributed by atoms with Crippen molar-refractivity contribution in [1.82, 2.24) is 5.32 Å². The monoisotopic (exact) mass is 349 g/mol. The molecule has 0 fully saturated rings. The van der Waals surface area contributed by atoms with Gasteiger partial charge in [-0.2, -0.15) is 0 Å². The lowest BCUT2D eigenvalue weighted by Gasteiger charge is -2.45. The zero-order valence-electron chi connectivity index (χ0n) is 14.8. The first-order valence-electron chi connectivity index (χ1n) is 8.53. The van der Waals surface area contributed by atoms with E-state index in [0.717, 1.165) is 0 Å². The number of amides is 3. The fourth-order valence-corrected chi connectivity index (χ4v) is 3.75. The largest absolute Gasteiger partial charge is 0.317 e. The van der Waals surface area contributed by atoms with E-state index in [1.165, 1.54) is 9.80 Å². The molecular weight excluding hydrogens is 330 g/mol. The highest BCUT2D eigenvalue weighted by Gasteiger charge is 2.59. The van der Waals surface area contributed by atoms with E-state index in [-0.39, 0.29) is 23.6 Å². The average Bonchev–Trinajstić information content (AvgIpc) is 2.85. The maximum atomic E-state index is 13.3. The van der Waals surface area contributed by atoms with Gasteiger partial charge >= 0.3 is 0 Å². The molecule has 132 valence electrons. The molecule has 0 unspecified atom stereocenters. The highest BCUT2D eigenvalue weighted by Crippen LogP contribution is 2.47. The number of nitrogens with zero attached hydrogens (tertiary/aromatic N) is 2. The molecule has 0 saturated heterocycles. The molecule has 2 aromatic carbocycles. The first kappa shape index (κ1) is 16.3. The number of fused-ring (bicyclic) bond motifs is 3. The number of nitrogens with one attached hydrogen (secondary N) is 1. The van der Waals surface area contributed by atoms with Crippen molar-refractivity contribution in [3.05, 3.63) is 59.7 Å². The van der Waals surface area contributed by atoms with Gasteiger partial charge in [-0.3, -0.25) is 19.3 Å². The molecule has 26 heavy (non-hydrogen) atoms. The number of para-hydroxylation sites is 2. The number of carbonyl (C=O) groups is 3. The Morgan fingerprint density at radius 1 is 1.00 bits per heavy atom. The standard InChI is InChI=1S/C20H19N3O3/c1-12(2)18(25)23-15-10-6-4-8-13(15)17(24)21-20(23)14-9-5-7-11-16(14)22(3)19(20)26/h4-12H,1-3H3,(H,21,24)/t20-/m0/s1. The van der Waals surface area contributed by atoms with Crippen molar-refractivity contribution < 1.29 is 14.4 Å². The van der Waals surface area contributed by atoms with E-state index in [1.54, 1.807) is 57.3 Å². The van der Waals surface area contributed by atoms with E-state index in [2.05, 4.69) is 5.32 Å². The van der Waals surface area contributed by atoms with Crippen molar-refractivity contribution in [2.75, 3.05) is 16.8 Å². The zero-order chi connectivity index (χ0) is 18.6. The van der Waals surface area contributed by atoms with Crippen molar-refractivity contribution in [3.8, 4) is 0 Å². The first-order valence-corrected chi connectivity index (χ1v) is 8.53. The maximum Gasteiger partial charge on any atom is 0.278 e. The lowest BCUT2D eigenvalue weighted by Crippen LogP contribution is -2.68. The van der Waals surface area contributed by atoms with E-state index in [1.807, 2.05) is 12.1 Å². The number of anilines is 2. The molecule has 2 aromatic rings. The first-order chi connectivity index (χ1) is 12.4. The quantitative estimate of drug-likeness (QED) is 0.858. The van der Waals surface area contributed by atoms with Gasteiger partial charge in [0.15, 0.2) is 0 Å². The third-order valence-electron chi connectivity index (χ3n) is 5.00. The Bertz CT molecular complexity index is 953. The summed E-state index contributed by atoms with van der Waals surface area (Å²) >= 11 is 0. The van der Waals surface area contributed by atoms with Gasteiger partial charge in [-0.05, 0) is 18.2 Å². The summed E-state index contributed by atoms with van der Waals surface area (Å²) in [4.78, 5) is 42.3. The summed E-state index contributed by atoms with van der Waals surface area (Å²) in [6, 6.07) is 14.1. The van der Waals surface area contributed by atoms with Gasteiger partial charge in [-0.15, -0.1) is 0 Å². The number of rotatable bonds is 1. The SMILES string of the molecule is CC(C)C(=O)N1c2ccccc2C(=O)N[C@]12C(=O)N(C)c1ccccc12. The van der Waals surface area contributed by atoms with Crippen LogP contribution in [-0.2, 0) is 15.3 Å². The molecule has 1 spiro atoms. The molecular formula is C20H19N3O3. The van der Waals surface area contributed by atoms with Crippen molar-refractivity contribution in [2.24, 2.45) is 5.92 Å². The van der Waals surface area contributed by atoms with Crippen LogP contribution in [0.5, 0.6) is 0 Å². The zero-order valence-corrected chi connectivity index (χ0v) is 14.8. The van der Waals surface area contributed by atoms with Crippen LogP contribution in [0.25, 0.3) is 0 Å². The third-order valence-corrected chi connectivity index (χ3v) is 5.00. The van der Waals surface area contributed by atoms with Gasteiger partial charge in [-0.25, -0.2) is 0 Å². The van der Waals surface area contributed by atoms with Gasteiger partial charge in [-0.1, -0.05) is 44.2 Å². The van der Waals surface area contributed by atoms with E-state index in [4.69, 9.17) is 0 Å². The van der Waals surface area contributed by atoms with E-state index in [0.29, 0.717) is 22.5 Å². The molecule has 2 heterocycles. The fourth-order valence-electron chi connectivity index (χ4n) is 3.75. The number of hydrogen-bond acceptors (Lipinski definition) is 3. The Labute approximate surface area is 151 Å². The second-order valence-electron chi connectivity index (χ2n) is 6.89. The molecule has 0 bridgehead atoms. The molecule has 0 aliphatic carbocycles. The topological polar surface area (TPSA) is 69.7 Å². The lowest BCUT2D eigenvalue weighted by atomic mass is 9.91. The van der Waals surface area contributed by atoms with Crippen LogP contribution in [0.1, 0.15) is 29.8 Å². The van der Waals surface area contributed by atoms with Gasteiger partial charge in [0.05, 0.1) is 16.9 Å². The Morgan fingerprint density at radius 3 is 2.31 bits per heavy atom. The van der Waals surface area contributed by atoms with E-state index >= 15 is 0 Å². The van der Waals surface area contributed by atoms with Gasteiger partial charge in [0.25, 0.3) is 11.8 Å². The minimum Gasteiger partial charge on any atom is -0.317 e. The van der Waals surface area contributed by atoms with E-state index < -0.39 is 5.66 Å². The fraction of sp³-hybridized carbons (Fsp3) is 0.250. The summed E-state index contributed by atoms with van der Waals surface area (Å²) < 4.78 is 0. The molecule has 0 aromatic heterocycles. The molecule has 2 aliphatic heterocycles. The molecule has 1 N–H and O–H groups in total. The smallest absolute Gasteiger partial charge is 0.278 e. The Balaban J connectivity index is 2.06. The van der Waals surface area contributed by atoms with Crippen LogP contribution < -0.4 is 15.1 Å². The van der Waals surface area contributed by atoms with Crippen LogP contribution in [0, 0.1) is 5.92 Å². The Kier molecular flexibility index (Phi) is 3.41. The van der Waals surface area contributed by atoms with Gasteiger partial charge in [0, 0.05) is 18.5 Å². The van der Waals surface area contributed by atoms with Gasteiger partial charge in [0.2, 0.25) is 11.6 Å². The molecule has 1 atom stereocenters. The number of benzene rings is 2. The summed E-state index contributed by atoms with van der Waals surface area (Å²) in [6.07, 6.45) is 0.